The van der Waals surface area contributed by atoms with Crippen molar-refractivity contribution < 1.29 is 4.79 Å². The standard InChI is InChI=1S/C22H19NO/c1-16-11-13-17(14-12-16)15-22(18-7-3-2-4-8-18)21(24)19-9-5-6-10-20(19)23-22/h2-14,23H,15H2,1H3. The number of Topliss-reactive ketones (excluding diaryl/α,β-unsaturated/α-hetero) is 1. The number of para-hydroxylation sites is 1. The van der Waals surface area contributed by atoms with Gasteiger partial charge in [-0.1, -0.05) is 72.3 Å². The molecule has 0 aromatic heterocycles. The third-order valence-electron chi connectivity index (χ3n) is 4.76. The first-order chi connectivity index (χ1) is 11.7. The highest BCUT2D eigenvalue weighted by Crippen LogP contribution is 2.41. The maximum Gasteiger partial charge on any atom is 0.195 e. The lowest BCUT2D eigenvalue weighted by Gasteiger charge is -2.29. The lowest BCUT2D eigenvalue weighted by molar-refractivity contribution is 0.0916. The summed E-state index contributed by atoms with van der Waals surface area (Å²) in [6.45, 7) is 2.07. The Bertz CT molecular complexity index is 883. The molecule has 24 heavy (non-hydrogen) atoms. The minimum atomic E-state index is -0.736. The maximum absolute atomic E-state index is 13.3. The molecule has 1 atom stereocenters. The lowest BCUT2D eigenvalue weighted by Crippen LogP contribution is -2.40. The average Bonchev–Trinajstić information content (AvgIpc) is 2.91. The number of rotatable bonds is 3. The Hall–Kier alpha value is -2.87. The molecule has 0 spiro atoms. The number of hydrogen-bond donors (Lipinski definition) is 1. The molecule has 0 saturated carbocycles. The zero-order valence-electron chi connectivity index (χ0n) is 13.6. The predicted molar refractivity (Wildman–Crippen MR) is 97.4 cm³/mol. The van der Waals surface area contributed by atoms with Gasteiger partial charge in [-0.25, -0.2) is 0 Å². The molecule has 118 valence electrons. The number of anilines is 1. The van der Waals surface area contributed by atoms with E-state index in [9.17, 15) is 4.79 Å². The molecule has 2 nitrogen and oxygen atoms in total. The SMILES string of the molecule is Cc1ccc(CC2(c3ccccc3)Nc3ccccc3C2=O)cc1. The summed E-state index contributed by atoms with van der Waals surface area (Å²) in [6.07, 6.45) is 0.630. The fourth-order valence-electron chi connectivity index (χ4n) is 3.47. The van der Waals surface area contributed by atoms with Crippen molar-refractivity contribution in [2.24, 2.45) is 0 Å². The van der Waals surface area contributed by atoms with Crippen LogP contribution in [0.3, 0.4) is 0 Å². The van der Waals surface area contributed by atoms with Gasteiger partial charge in [-0.15, -0.1) is 0 Å². The van der Waals surface area contributed by atoms with Crippen LogP contribution < -0.4 is 5.32 Å². The lowest BCUT2D eigenvalue weighted by atomic mass is 9.80. The molecular weight excluding hydrogens is 294 g/mol. The fraction of sp³-hybridized carbons (Fsp3) is 0.136. The fourth-order valence-corrected chi connectivity index (χ4v) is 3.47. The van der Waals surface area contributed by atoms with E-state index < -0.39 is 5.54 Å². The Labute approximate surface area is 142 Å². The highest BCUT2D eigenvalue weighted by atomic mass is 16.1. The largest absolute Gasteiger partial charge is 0.368 e. The summed E-state index contributed by atoms with van der Waals surface area (Å²) in [6, 6.07) is 26.2. The van der Waals surface area contributed by atoms with E-state index in [1.54, 1.807) is 0 Å². The number of aryl methyl sites for hydroxylation is 1. The molecule has 3 aromatic carbocycles. The summed E-state index contributed by atoms with van der Waals surface area (Å²) in [4.78, 5) is 13.3. The van der Waals surface area contributed by atoms with Gasteiger partial charge in [-0.05, 0) is 30.2 Å². The summed E-state index contributed by atoms with van der Waals surface area (Å²) in [5.41, 5.74) is 4.33. The first kappa shape index (κ1) is 14.7. The molecule has 1 unspecified atom stereocenters. The predicted octanol–water partition coefficient (Wildman–Crippen LogP) is 4.74. The molecule has 2 heteroatoms. The molecule has 0 radical (unpaired) electrons. The van der Waals surface area contributed by atoms with Crippen molar-refractivity contribution >= 4 is 11.5 Å². The van der Waals surface area contributed by atoms with E-state index in [4.69, 9.17) is 0 Å². The molecule has 1 heterocycles. The van der Waals surface area contributed by atoms with Crippen molar-refractivity contribution in [1.82, 2.24) is 0 Å². The van der Waals surface area contributed by atoms with Gasteiger partial charge in [0.15, 0.2) is 5.78 Å². The van der Waals surface area contributed by atoms with Crippen LogP contribution in [-0.2, 0) is 12.0 Å². The average molecular weight is 313 g/mol. The monoisotopic (exact) mass is 313 g/mol. The van der Waals surface area contributed by atoms with Crippen LogP contribution in [0.25, 0.3) is 0 Å². The van der Waals surface area contributed by atoms with Gasteiger partial charge in [0.05, 0.1) is 0 Å². The number of benzene rings is 3. The first-order valence-corrected chi connectivity index (χ1v) is 8.22. The van der Waals surface area contributed by atoms with Crippen molar-refractivity contribution in [3.8, 4) is 0 Å². The van der Waals surface area contributed by atoms with Gasteiger partial charge in [0.1, 0.15) is 5.54 Å². The highest BCUT2D eigenvalue weighted by molar-refractivity contribution is 6.13. The molecule has 4 rings (SSSR count). The van der Waals surface area contributed by atoms with Gasteiger partial charge in [-0.3, -0.25) is 4.79 Å². The van der Waals surface area contributed by atoms with Crippen LogP contribution in [0.15, 0.2) is 78.9 Å². The van der Waals surface area contributed by atoms with E-state index in [0.717, 1.165) is 22.4 Å². The van der Waals surface area contributed by atoms with E-state index in [1.165, 1.54) is 5.56 Å². The molecule has 1 aliphatic rings. The van der Waals surface area contributed by atoms with E-state index in [0.29, 0.717) is 6.42 Å². The van der Waals surface area contributed by atoms with Gasteiger partial charge >= 0.3 is 0 Å². The third kappa shape index (κ3) is 2.31. The van der Waals surface area contributed by atoms with E-state index >= 15 is 0 Å². The van der Waals surface area contributed by atoms with Crippen LogP contribution >= 0.6 is 0 Å². The number of ketones is 1. The molecule has 0 saturated heterocycles. The van der Waals surface area contributed by atoms with Crippen molar-refractivity contribution in [2.75, 3.05) is 5.32 Å². The molecule has 0 aliphatic carbocycles. The second kappa shape index (κ2) is 5.64. The van der Waals surface area contributed by atoms with Crippen molar-refractivity contribution in [3.63, 3.8) is 0 Å². The van der Waals surface area contributed by atoms with Gasteiger partial charge in [0, 0.05) is 17.7 Å². The Morgan fingerprint density at radius 3 is 2.21 bits per heavy atom. The summed E-state index contributed by atoms with van der Waals surface area (Å²) in [5.74, 6) is 0.143. The molecule has 0 bridgehead atoms. The Morgan fingerprint density at radius 1 is 0.833 bits per heavy atom. The molecule has 1 aliphatic heterocycles. The van der Waals surface area contributed by atoms with Gasteiger partial charge in [0.2, 0.25) is 0 Å². The summed E-state index contributed by atoms with van der Waals surface area (Å²) in [5, 5.41) is 3.53. The minimum absolute atomic E-state index is 0.143. The van der Waals surface area contributed by atoms with Gasteiger partial charge in [0.25, 0.3) is 0 Å². The summed E-state index contributed by atoms with van der Waals surface area (Å²) in [7, 11) is 0. The maximum atomic E-state index is 13.3. The smallest absolute Gasteiger partial charge is 0.195 e. The number of nitrogens with one attached hydrogen (secondary N) is 1. The zero-order valence-corrected chi connectivity index (χ0v) is 13.6. The van der Waals surface area contributed by atoms with Crippen molar-refractivity contribution in [3.05, 3.63) is 101 Å². The minimum Gasteiger partial charge on any atom is -0.368 e. The highest BCUT2D eigenvalue weighted by Gasteiger charge is 2.46. The van der Waals surface area contributed by atoms with Crippen molar-refractivity contribution in [1.29, 1.82) is 0 Å². The van der Waals surface area contributed by atoms with Crippen LogP contribution in [0.2, 0.25) is 0 Å². The van der Waals surface area contributed by atoms with Crippen LogP contribution in [0, 0.1) is 6.92 Å². The quantitative estimate of drug-likeness (QED) is 0.756. The molecule has 3 aromatic rings. The topological polar surface area (TPSA) is 29.1 Å². The number of carbonyl (C=O) groups is 1. The van der Waals surface area contributed by atoms with Crippen LogP contribution in [0.1, 0.15) is 27.0 Å². The second-order valence-electron chi connectivity index (χ2n) is 6.43. The van der Waals surface area contributed by atoms with Crippen LogP contribution in [0.4, 0.5) is 5.69 Å². The summed E-state index contributed by atoms with van der Waals surface area (Å²) < 4.78 is 0. The van der Waals surface area contributed by atoms with Gasteiger partial charge in [-0.2, -0.15) is 0 Å². The zero-order chi connectivity index (χ0) is 16.6. The van der Waals surface area contributed by atoms with Crippen LogP contribution in [-0.4, -0.2) is 5.78 Å². The number of carbonyl (C=O) groups excluding carboxylic acids is 1. The van der Waals surface area contributed by atoms with E-state index in [2.05, 4.69) is 36.5 Å². The van der Waals surface area contributed by atoms with Crippen molar-refractivity contribution in [2.45, 2.75) is 18.9 Å². The molecular formula is C22H19NO. The van der Waals surface area contributed by atoms with E-state index in [-0.39, 0.29) is 5.78 Å². The van der Waals surface area contributed by atoms with Crippen LogP contribution in [0.5, 0.6) is 0 Å². The van der Waals surface area contributed by atoms with Gasteiger partial charge < -0.3 is 5.32 Å². The normalized spacial score (nSPS) is 19.0. The number of hydrogen-bond acceptors (Lipinski definition) is 2. The second-order valence-corrected chi connectivity index (χ2v) is 6.43. The Morgan fingerprint density at radius 2 is 1.50 bits per heavy atom. The van der Waals surface area contributed by atoms with E-state index in [1.807, 2.05) is 54.6 Å². The molecule has 0 fully saturated rings. The third-order valence-corrected chi connectivity index (χ3v) is 4.76. The Kier molecular flexibility index (Phi) is 3.46. The number of fused-ring (bicyclic) bond motifs is 1. The first-order valence-electron chi connectivity index (χ1n) is 8.22. The molecule has 1 N–H and O–H groups in total. The Balaban J connectivity index is 1.83. The summed E-state index contributed by atoms with van der Waals surface area (Å²) >= 11 is 0. The molecule has 0 amide bonds.